The van der Waals surface area contributed by atoms with Gasteiger partial charge in [-0.25, -0.2) is 0 Å². The van der Waals surface area contributed by atoms with Gasteiger partial charge < -0.3 is 0 Å². The summed E-state index contributed by atoms with van der Waals surface area (Å²) in [5, 5.41) is 6.96. The molecule has 0 fully saturated rings. The van der Waals surface area contributed by atoms with Crippen molar-refractivity contribution in [2.45, 2.75) is 155 Å². The average molecular weight is 1090 g/mol. The molecule has 7 rings (SSSR count). The van der Waals surface area contributed by atoms with Crippen molar-refractivity contribution in [3.05, 3.63) is 115 Å². The summed E-state index contributed by atoms with van der Waals surface area (Å²) in [7, 11) is -1.73. The van der Waals surface area contributed by atoms with Crippen LogP contribution >= 0.6 is 9.13 Å². The minimum absolute atomic E-state index is 0.219. The van der Waals surface area contributed by atoms with Crippen LogP contribution in [0.5, 0.6) is 0 Å². The van der Waals surface area contributed by atoms with Gasteiger partial charge in [-0.15, -0.1) is 0 Å². The van der Waals surface area contributed by atoms with E-state index in [1.54, 1.807) is 0 Å². The van der Waals surface area contributed by atoms with Crippen LogP contribution in [0, 0.1) is 34.0 Å². The van der Waals surface area contributed by atoms with E-state index in [4.69, 9.17) is 8.98 Å². The Morgan fingerprint density at radius 3 is 1.24 bits per heavy atom. The number of hydrogen-bond acceptors (Lipinski definition) is 4. The summed E-state index contributed by atoms with van der Waals surface area (Å²) in [5.41, 5.74) is 17.3. The summed E-state index contributed by atoms with van der Waals surface area (Å²) in [6.07, 6.45) is 31.7. The second-order valence-corrected chi connectivity index (χ2v) is 22.0. The molecule has 0 radical (unpaired) electrons. The SMILES string of the molecule is CCCCCCCCCCCCCN1C(=O)c2ccc3c4ccc5c6c(ccc(c7ccc(c2c37)C1=O)c64)C(=O)N(CCCCCCCCCCCCC)C5=O.[2H]P([3H])C(=C=C=C=C=C=C=C)[I-]C#CC#CC#C. The van der Waals surface area contributed by atoms with Gasteiger partial charge in [0.2, 0.25) is 0 Å². The fourth-order valence-electron chi connectivity index (χ4n) is 10.0. The monoisotopic (exact) mass is 1090 g/mol. The Bertz CT molecular complexity index is 3010. The van der Waals surface area contributed by atoms with Crippen LogP contribution in [0.3, 0.4) is 0 Å². The van der Waals surface area contributed by atoms with Crippen LogP contribution in [0.4, 0.5) is 0 Å². The van der Waals surface area contributed by atoms with Gasteiger partial charge in [-0.2, -0.15) is 0 Å². The molecule has 370 valence electrons. The van der Waals surface area contributed by atoms with E-state index < -0.39 is 30.3 Å². The molecule has 72 heavy (non-hydrogen) atoms. The molecule has 6 nitrogen and oxygen atoms in total. The fourth-order valence-corrected chi connectivity index (χ4v) is 11.1. The quantitative estimate of drug-likeness (QED) is 0.00808. The van der Waals surface area contributed by atoms with Gasteiger partial charge in [0.05, 0.1) is 0 Å². The van der Waals surface area contributed by atoms with E-state index in [0.717, 1.165) is 81.6 Å². The number of halogens is 1. The molecule has 2 aliphatic heterocycles. The Labute approximate surface area is 443 Å². The normalized spacial score (nSPS) is 13.1. The third-order valence-corrected chi connectivity index (χ3v) is 15.6. The standard InChI is InChI=1S/C50H62N2O4.C14H5IP/c1-3-5-7-9-11-13-15-17-19-21-23-33-51-47(53)39-29-25-35-37-27-31-41-46-42(32-28-38(44(37)46)36-26-30-40(48(51)54)45(39)43(35)36)50(56)52(49(41)55)34-24-22-20-18-16-14-12-10-8-6-4-2;1-3-5-7-9-10-12-14(16)15-13-11-8-6-4-2/h25-32H,3-24,33-34H2,1-2H3;2H,1,16H2/q;-1/i;16TD. The summed E-state index contributed by atoms with van der Waals surface area (Å²) in [5.74, 6) is 8.66. The van der Waals surface area contributed by atoms with Gasteiger partial charge in [-0.3, -0.25) is 29.0 Å². The molecule has 5 aromatic rings. The van der Waals surface area contributed by atoms with Crippen LogP contribution in [0.15, 0.2) is 92.8 Å². The first-order chi connectivity index (χ1) is 36.2. The summed E-state index contributed by atoms with van der Waals surface area (Å²) in [6.45, 7) is 8.67. The van der Waals surface area contributed by atoms with Crippen molar-refractivity contribution in [3.63, 3.8) is 0 Å². The summed E-state index contributed by atoms with van der Waals surface area (Å²) < 4.78 is 18.0. The number of hydrogen-bond donors (Lipinski definition) is 0. The number of carbonyl (C=O) groups excluding carboxylic acids is 4. The number of fused-ring (bicyclic) bond motifs is 2. The van der Waals surface area contributed by atoms with E-state index >= 15 is 0 Å². The zero-order valence-electron chi connectivity index (χ0n) is 44.2. The van der Waals surface area contributed by atoms with Crippen LogP contribution < -0.4 is 21.2 Å². The molecule has 2 aliphatic rings. The molecule has 0 saturated carbocycles. The molecule has 2 heterocycles. The number of benzene rings is 5. The second kappa shape index (κ2) is 29.5. The van der Waals surface area contributed by atoms with Crippen LogP contribution in [-0.2, 0) is 0 Å². The van der Waals surface area contributed by atoms with Gasteiger partial charge in [0.25, 0.3) is 23.6 Å². The van der Waals surface area contributed by atoms with Crippen molar-refractivity contribution in [1.82, 2.24) is 9.80 Å². The van der Waals surface area contributed by atoms with Gasteiger partial charge >= 0.3 is 111 Å². The molecule has 8 heteroatoms. The van der Waals surface area contributed by atoms with Crippen LogP contribution in [0.2, 0.25) is 0 Å². The molecule has 0 aliphatic carbocycles. The number of unbranched alkanes of at least 4 members (excludes halogenated alkanes) is 20. The van der Waals surface area contributed by atoms with Gasteiger partial charge in [0.15, 0.2) is 0 Å². The van der Waals surface area contributed by atoms with E-state index in [2.05, 4.69) is 82.4 Å². The third kappa shape index (κ3) is 14.1. The number of rotatable bonds is 26. The number of carbonyl (C=O) groups is 4. The molecule has 0 spiro atoms. The Kier molecular flexibility index (Phi) is 21.4. The molecule has 5 aromatic carbocycles. The van der Waals surface area contributed by atoms with E-state index in [-0.39, 0.29) is 23.6 Å². The van der Waals surface area contributed by atoms with E-state index in [0.29, 0.717) is 38.7 Å². The summed E-state index contributed by atoms with van der Waals surface area (Å²) in [4.78, 5) is 58.7. The molecule has 4 amide bonds. The van der Waals surface area contributed by atoms with Crippen LogP contribution in [0.25, 0.3) is 43.1 Å². The zero-order valence-corrected chi connectivity index (χ0v) is 45.3. The van der Waals surface area contributed by atoms with Gasteiger partial charge in [-0.1, -0.05) is 167 Å². The van der Waals surface area contributed by atoms with E-state index in [1.165, 1.54) is 113 Å². The Balaban J connectivity index is 0.000000423. The number of imide groups is 2. The van der Waals surface area contributed by atoms with Gasteiger partial charge in [0, 0.05) is 46.1 Å². The molecule has 0 aromatic heterocycles. The van der Waals surface area contributed by atoms with Gasteiger partial charge in [-0.05, 0) is 69.4 Å². The average Bonchev–Trinajstić information content (AvgIpc) is 3.40. The predicted molar refractivity (Wildman–Crippen MR) is 296 cm³/mol. The maximum absolute atomic E-state index is 13.9. The first-order valence-corrected chi connectivity index (χ1v) is 28.7. The molecule has 0 bridgehead atoms. The Hall–Kier alpha value is -6.06. The van der Waals surface area contributed by atoms with Crippen molar-refractivity contribution in [2.75, 3.05) is 13.1 Å². The molecule has 0 N–H and O–H groups in total. The summed E-state index contributed by atoms with van der Waals surface area (Å²) >= 11 is -0.777. The maximum atomic E-state index is 13.9. The van der Waals surface area contributed by atoms with Crippen molar-refractivity contribution in [2.24, 2.45) is 0 Å². The first-order valence-electron chi connectivity index (χ1n) is 27.0. The van der Waals surface area contributed by atoms with Crippen LogP contribution in [0.1, 0.15) is 197 Å². The van der Waals surface area contributed by atoms with Crippen molar-refractivity contribution in [1.29, 1.82) is 2.56 Å². The number of terminal acetylenes is 1. The molecule has 1 atom stereocenters. The topological polar surface area (TPSA) is 74.8 Å². The minimum atomic E-state index is -1.73. The molecular formula is C64H67IN2O4P-. The number of nitrogens with zero attached hydrogens (tertiary/aromatic N) is 2. The predicted octanol–water partition coefficient (Wildman–Crippen LogP) is 12.5. The fraction of sp³-hybridized carbons (Fsp3) is 0.406. The molecule has 0 saturated heterocycles. The molecule has 1 unspecified atom stereocenters. The van der Waals surface area contributed by atoms with Crippen molar-refractivity contribution < 1.29 is 40.4 Å². The van der Waals surface area contributed by atoms with Gasteiger partial charge in [0.1, 0.15) is 0 Å². The first kappa shape index (κ1) is 52.3. The van der Waals surface area contributed by atoms with E-state index in [9.17, 15) is 19.2 Å². The number of amides is 4. The van der Waals surface area contributed by atoms with E-state index in [1.807, 2.05) is 48.5 Å². The van der Waals surface area contributed by atoms with Crippen LogP contribution in [-0.4, -0.2) is 49.1 Å². The second-order valence-electron chi connectivity index (χ2n) is 18.5. The molecular weight excluding hydrogens is 1020 g/mol. The Morgan fingerprint density at radius 1 is 0.528 bits per heavy atom. The third-order valence-electron chi connectivity index (χ3n) is 13.6. The summed E-state index contributed by atoms with van der Waals surface area (Å²) in [6, 6.07) is 15.5. The Morgan fingerprint density at radius 2 is 0.889 bits per heavy atom. The zero-order chi connectivity index (χ0) is 52.7. The van der Waals surface area contributed by atoms with Crippen molar-refractivity contribution >= 4 is 75.8 Å². The van der Waals surface area contributed by atoms with Crippen molar-refractivity contribution in [3.8, 4) is 34.0 Å².